The van der Waals surface area contributed by atoms with Crippen molar-refractivity contribution >= 4 is 29.1 Å². The molecule has 0 aliphatic carbocycles. The minimum absolute atomic E-state index is 0.177. The number of carbonyl (C=O) groups excluding carboxylic acids is 2. The summed E-state index contributed by atoms with van der Waals surface area (Å²) in [7, 11) is 3.22. The molecule has 6 heteroatoms. The standard InChI is InChI=1S/C15H21ClN2O3/c1-4-5-8-18(2)15(20)10-14(19)17-11-6-7-13(21-3)12(16)9-11/h6-7,9H,4-5,8,10H2,1-3H3,(H,17,19). The van der Waals surface area contributed by atoms with Gasteiger partial charge in [0.1, 0.15) is 12.2 Å². The van der Waals surface area contributed by atoms with Crippen molar-refractivity contribution in [3.63, 3.8) is 0 Å². The quantitative estimate of drug-likeness (QED) is 0.788. The summed E-state index contributed by atoms with van der Waals surface area (Å²) in [5.41, 5.74) is 0.537. The van der Waals surface area contributed by atoms with E-state index in [1.165, 1.54) is 7.11 Å². The molecule has 0 bridgehead atoms. The molecule has 0 saturated heterocycles. The van der Waals surface area contributed by atoms with Crippen LogP contribution in [0.2, 0.25) is 5.02 Å². The Balaban J connectivity index is 2.53. The van der Waals surface area contributed by atoms with Gasteiger partial charge in [0, 0.05) is 19.3 Å². The van der Waals surface area contributed by atoms with Gasteiger partial charge in [0.2, 0.25) is 11.8 Å². The fourth-order valence-corrected chi connectivity index (χ4v) is 2.00. The second kappa shape index (κ2) is 8.52. The Labute approximate surface area is 130 Å². The first kappa shape index (κ1) is 17.3. The summed E-state index contributed by atoms with van der Waals surface area (Å²) < 4.78 is 5.03. The highest BCUT2D eigenvalue weighted by Gasteiger charge is 2.14. The molecule has 0 radical (unpaired) electrons. The molecule has 21 heavy (non-hydrogen) atoms. The molecule has 0 aromatic heterocycles. The topological polar surface area (TPSA) is 58.6 Å². The Morgan fingerprint density at radius 2 is 2.10 bits per heavy atom. The van der Waals surface area contributed by atoms with E-state index >= 15 is 0 Å². The van der Waals surface area contributed by atoms with Crippen molar-refractivity contribution in [3.05, 3.63) is 23.2 Å². The second-order valence-electron chi connectivity index (χ2n) is 4.74. The number of benzene rings is 1. The molecule has 5 nitrogen and oxygen atoms in total. The maximum atomic E-state index is 11.8. The zero-order valence-corrected chi connectivity index (χ0v) is 13.4. The first-order valence-electron chi connectivity index (χ1n) is 6.85. The molecule has 0 spiro atoms. The van der Waals surface area contributed by atoms with Crippen LogP contribution in [0, 0.1) is 0 Å². The number of nitrogens with zero attached hydrogens (tertiary/aromatic N) is 1. The van der Waals surface area contributed by atoms with E-state index in [9.17, 15) is 9.59 Å². The Hall–Kier alpha value is -1.75. The van der Waals surface area contributed by atoms with Gasteiger partial charge in [-0.15, -0.1) is 0 Å². The Morgan fingerprint density at radius 1 is 1.38 bits per heavy atom. The van der Waals surface area contributed by atoms with Crippen LogP contribution in [0.25, 0.3) is 0 Å². The van der Waals surface area contributed by atoms with Gasteiger partial charge >= 0.3 is 0 Å². The molecule has 1 aromatic rings. The molecule has 0 unspecified atom stereocenters. The molecule has 0 fully saturated rings. The van der Waals surface area contributed by atoms with E-state index in [4.69, 9.17) is 16.3 Å². The van der Waals surface area contributed by atoms with Crippen LogP contribution >= 0.6 is 11.6 Å². The van der Waals surface area contributed by atoms with E-state index in [-0.39, 0.29) is 18.2 Å². The number of anilines is 1. The minimum Gasteiger partial charge on any atom is -0.495 e. The van der Waals surface area contributed by atoms with Crippen molar-refractivity contribution in [2.24, 2.45) is 0 Å². The molecule has 1 rings (SSSR count). The Morgan fingerprint density at radius 3 is 2.67 bits per heavy atom. The van der Waals surface area contributed by atoms with Crippen molar-refractivity contribution < 1.29 is 14.3 Å². The Kier molecular flexibility index (Phi) is 7.02. The van der Waals surface area contributed by atoms with E-state index in [1.54, 1.807) is 30.1 Å². The first-order chi connectivity index (χ1) is 9.97. The SMILES string of the molecule is CCCCN(C)C(=O)CC(=O)Nc1ccc(OC)c(Cl)c1. The summed E-state index contributed by atoms with van der Waals surface area (Å²) >= 11 is 5.97. The highest BCUT2D eigenvalue weighted by atomic mass is 35.5. The van der Waals surface area contributed by atoms with Crippen LogP contribution in [-0.2, 0) is 9.59 Å². The molecular weight excluding hydrogens is 292 g/mol. The summed E-state index contributed by atoms with van der Waals surface area (Å²) in [6.07, 6.45) is 1.76. The number of halogens is 1. The van der Waals surface area contributed by atoms with Crippen molar-refractivity contribution in [2.45, 2.75) is 26.2 Å². The number of hydrogen-bond acceptors (Lipinski definition) is 3. The zero-order chi connectivity index (χ0) is 15.8. The number of ether oxygens (including phenoxy) is 1. The molecular formula is C15H21ClN2O3. The number of amides is 2. The van der Waals surface area contributed by atoms with E-state index in [0.717, 1.165) is 12.8 Å². The Bertz CT molecular complexity index is 506. The first-order valence-corrected chi connectivity index (χ1v) is 7.23. The molecule has 1 N–H and O–H groups in total. The normalized spacial score (nSPS) is 10.1. The van der Waals surface area contributed by atoms with Crippen LogP contribution in [0.15, 0.2) is 18.2 Å². The molecule has 2 amide bonds. The second-order valence-corrected chi connectivity index (χ2v) is 5.15. The van der Waals surface area contributed by atoms with Gasteiger partial charge in [-0.2, -0.15) is 0 Å². The van der Waals surface area contributed by atoms with Gasteiger partial charge in [-0.3, -0.25) is 9.59 Å². The molecule has 0 aliphatic heterocycles. The lowest BCUT2D eigenvalue weighted by molar-refractivity contribution is -0.133. The molecule has 0 aliphatic rings. The summed E-state index contributed by atoms with van der Waals surface area (Å²) in [4.78, 5) is 25.2. The van der Waals surface area contributed by atoms with Crippen molar-refractivity contribution in [1.29, 1.82) is 0 Å². The lowest BCUT2D eigenvalue weighted by Crippen LogP contribution is -2.31. The van der Waals surface area contributed by atoms with Gasteiger partial charge < -0.3 is 15.0 Å². The lowest BCUT2D eigenvalue weighted by atomic mass is 10.2. The van der Waals surface area contributed by atoms with Crippen LogP contribution in [0.5, 0.6) is 5.75 Å². The lowest BCUT2D eigenvalue weighted by Gasteiger charge is -2.16. The van der Waals surface area contributed by atoms with E-state index in [2.05, 4.69) is 12.2 Å². The van der Waals surface area contributed by atoms with E-state index < -0.39 is 0 Å². The molecule has 116 valence electrons. The summed E-state index contributed by atoms with van der Waals surface area (Å²) in [6.45, 7) is 2.72. The van der Waals surface area contributed by atoms with Gasteiger partial charge in [-0.25, -0.2) is 0 Å². The van der Waals surface area contributed by atoms with Gasteiger partial charge in [-0.05, 0) is 24.6 Å². The van der Waals surface area contributed by atoms with Crippen molar-refractivity contribution in [1.82, 2.24) is 4.90 Å². The number of hydrogen-bond donors (Lipinski definition) is 1. The number of methoxy groups -OCH3 is 1. The maximum absolute atomic E-state index is 11.8. The van der Waals surface area contributed by atoms with Gasteiger partial charge in [0.15, 0.2) is 0 Å². The van der Waals surface area contributed by atoms with Crippen LogP contribution in [-0.4, -0.2) is 37.4 Å². The highest BCUT2D eigenvalue weighted by molar-refractivity contribution is 6.32. The minimum atomic E-state index is -0.357. The monoisotopic (exact) mass is 312 g/mol. The van der Waals surface area contributed by atoms with E-state index in [1.807, 2.05) is 0 Å². The fourth-order valence-electron chi connectivity index (χ4n) is 1.74. The molecule has 1 aromatic carbocycles. The zero-order valence-electron chi connectivity index (χ0n) is 12.6. The van der Waals surface area contributed by atoms with Crippen molar-refractivity contribution in [3.8, 4) is 5.75 Å². The van der Waals surface area contributed by atoms with Gasteiger partial charge in [0.05, 0.1) is 12.1 Å². The van der Waals surface area contributed by atoms with Crippen LogP contribution < -0.4 is 10.1 Å². The smallest absolute Gasteiger partial charge is 0.233 e. The summed E-state index contributed by atoms with van der Waals surface area (Å²) in [5, 5.41) is 3.05. The molecule has 0 atom stereocenters. The number of rotatable bonds is 7. The highest BCUT2D eigenvalue weighted by Crippen LogP contribution is 2.27. The molecule has 0 saturated carbocycles. The number of nitrogens with one attached hydrogen (secondary N) is 1. The van der Waals surface area contributed by atoms with Crippen LogP contribution in [0.3, 0.4) is 0 Å². The average molecular weight is 313 g/mol. The van der Waals surface area contributed by atoms with Crippen LogP contribution in [0.1, 0.15) is 26.2 Å². The largest absolute Gasteiger partial charge is 0.495 e. The summed E-state index contributed by atoms with van der Waals surface area (Å²) in [6, 6.07) is 4.92. The molecule has 0 heterocycles. The third-order valence-corrected chi connectivity index (χ3v) is 3.32. The third-order valence-electron chi connectivity index (χ3n) is 3.02. The van der Waals surface area contributed by atoms with Crippen molar-refractivity contribution in [2.75, 3.05) is 26.0 Å². The average Bonchev–Trinajstić information content (AvgIpc) is 2.44. The number of carbonyl (C=O) groups is 2. The maximum Gasteiger partial charge on any atom is 0.233 e. The predicted octanol–water partition coefficient (Wildman–Crippen LogP) is 2.94. The number of unbranched alkanes of at least 4 members (excludes halogenated alkanes) is 1. The third kappa shape index (κ3) is 5.63. The predicted molar refractivity (Wildman–Crippen MR) is 83.8 cm³/mol. The van der Waals surface area contributed by atoms with Crippen LogP contribution in [0.4, 0.5) is 5.69 Å². The summed E-state index contributed by atoms with van der Waals surface area (Å²) in [5.74, 6) is -0.0184. The van der Waals surface area contributed by atoms with E-state index in [0.29, 0.717) is 23.0 Å². The van der Waals surface area contributed by atoms with Gasteiger partial charge in [0.25, 0.3) is 0 Å². The fraction of sp³-hybridized carbons (Fsp3) is 0.467. The van der Waals surface area contributed by atoms with Gasteiger partial charge in [-0.1, -0.05) is 24.9 Å².